The summed E-state index contributed by atoms with van der Waals surface area (Å²) < 4.78 is 32.5. The van der Waals surface area contributed by atoms with E-state index in [2.05, 4.69) is 0 Å². The standard InChI is InChI=1S/C19H16N2O4S/c1-12-4-6-15(7-5-12)26(23,24)21-10-14(9-20)18-16(11-22)17(25-3)8-13(2)19(18)21/h4-8,10-11H,1-3H3. The molecule has 0 saturated heterocycles. The molecule has 1 heterocycles. The molecule has 2 aromatic carbocycles. The normalized spacial score (nSPS) is 11.3. The summed E-state index contributed by atoms with van der Waals surface area (Å²) in [5, 5.41) is 9.75. The van der Waals surface area contributed by atoms with Crippen LogP contribution in [0.15, 0.2) is 41.4 Å². The van der Waals surface area contributed by atoms with Crippen molar-refractivity contribution in [1.29, 1.82) is 5.26 Å². The summed E-state index contributed by atoms with van der Waals surface area (Å²) in [5.74, 6) is 0.298. The van der Waals surface area contributed by atoms with Crippen molar-refractivity contribution >= 4 is 27.2 Å². The van der Waals surface area contributed by atoms with Crippen molar-refractivity contribution in [2.75, 3.05) is 7.11 Å². The molecule has 0 unspecified atom stereocenters. The number of nitriles is 1. The lowest BCUT2D eigenvalue weighted by Crippen LogP contribution is -2.12. The lowest BCUT2D eigenvalue weighted by molar-refractivity contribution is 0.112. The molecular formula is C19H16N2O4S. The van der Waals surface area contributed by atoms with E-state index in [1.807, 2.05) is 13.0 Å². The number of ether oxygens (including phenoxy) is 1. The highest BCUT2D eigenvalue weighted by molar-refractivity contribution is 7.90. The molecule has 0 atom stereocenters. The summed E-state index contributed by atoms with van der Waals surface area (Å²) in [6, 6.07) is 10.0. The highest BCUT2D eigenvalue weighted by atomic mass is 32.2. The summed E-state index contributed by atoms with van der Waals surface area (Å²) in [7, 11) is -2.51. The number of carbonyl (C=O) groups excluding carboxylic acids is 1. The predicted molar refractivity (Wildman–Crippen MR) is 97.1 cm³/mol. The first-order chi connectivity index (χ1) is 12.3. The quantitative estimate of drug-likeness (QED) is 0.660. The van der Waals surface area contributed by atoms with Gasteiger partial charge in [0.2, 0.25) is 0 Å². The van der Waals surface area contributed by atoms with Crippen LogP contribution in [0.25, 0.3) is 10.9 Å². The van der Waals surface area contributed by atoms with Gasteiger partial charge in [0.25, 0.3) is 10.0 Å². The van der Waals surface area contributed by atoms with E-state index in [4.69, 9.17) is 4.74 Å². The SMILES string of the molecule is COc1cc(C)c2c(c(C#N)cn2S(=O)(=O)c2ccc(C)cc2)c1C=O. The molecule has 0 aliphatic rings. The molecule has 0 N–H and O–H groups in total. The van der Waals surface area contributed by atoms with Gasteiger partial charge in [-0.15, -0.1) is 0 Å². The fraction of sp³-hybridized carbons (Fsp3) is 0.158. The Balaban J connectivity index is 2.44. The molecule has 3 aromatic rings. The predicted octanol–water partition coefficient (Wildman–Crippen LogP) is 3.19. The number of aryl methyl sites for hydroxylation is 2. The van der Waals surface area contributed by atoms with Crippen molar-refractivity contribution in [2.45, 2.75) is 18.7 Å². The Morgan fingerprint density at radius 3 is 2.38 bits per heavy atom. The number of benzene rings is 2. The zero-order valence-corrected chi connectivity index (χ0v) is 15.3. The second-order valence-electron chi connectivity index (χ2n) is 5.92. The maximum absolute atomic E-state index is 13.1. The number of hydrogen-bond donors (Lipinski definition) is 0. The Hall–Kier alpha value is -3.11. The minimum atomic E-state index is -3.93. The minimum absolute atomic E-state index is 0.0970. The van der Waals surface area contributed by atoms with Gasteiger partial charge in [0.15, 0.2) is 6.29 Å². The van der Waals surface area contributed by atoms with Gasteiger partial charge < -0.3 is 4.74 Å². The van der Waals surface area contributed by atoms with Crippen molar-refractivity contribution in [1.82, 2.24) is 3.97 Å². The summed E-state index contributed by atoms with van der Waals surface area (Å²) >= 11 is 0. The molecule has 0 amide bonds. The van der Waals surface area contributed by atoms with Gasteiger partial charge in [0.05, 0.1) is 28.6 Å². The summed E-state index contributed by atoms with van der Waals surface area (Å²) in [4.78, 5) is 11.7. The zero-order chi connectivity index (χ0) is 19.1. The second kappa shape index (κ2) is 6.32. The first-order valence-corrected chi connectivity index (χ1v) is 9.19. The second-order valence-corrected chi connectivity index (χ2v) is 7.73. The van der Waals surface area contributed by atoms with Gasteiger partial charge in [-0.2, -0.15) is 5.26 Å². The van der Waals surface area contributed by atoms with Crippen LogP contribution in [0.1, 0.15) is 27.0 Å². The van der Waals surface area contributed by atoms with Crippen LogP contribution in [-0.2, 0) is 10.0 Å². The molecule has 3 rings (SSSR count). The Morgan fingerprint density at radius 2 is 1.85 bits per heavy atom. The molecule has 7 heteroatoms. The largest absolute Gasteiger partial charge is 0.496 e. The van der Waals surface area contributed by atoms with Crippen LogP contribution in [0.4, 0.5) is 0 Å². The van der Waals surface area contributed by atoms with Crippen molar-refractivity contribution in [2.24, 2.45) is 0 Å². The van der Waals surface area contributed by atoms with Gasteiger partial charge in [0, 0.05) is 11.6 Å². The number of carbonyl (C=O) groups is 1. The molecule has 0 aliphatic heterocycles. The third-order valence-electron chi connectivity index (χ3n) is 4.26. The molecule has 0 saturated carbocycles. The van der Waals surface area contributed by atoms with Crippen LogP contribution in [0, 0.1) is 25.2 Å². The average Bonchev–Trinajstić information content (AvgIpc) is 3.03. The molecule has 1 aromatic heterocycles. The van der Waals surface area contributed by atoms with E-state index in [9.17, 15) is 18.5 Å². The molecular weight excluding hydrogens is 352 g/mol. The molecule has 0 spiro atoms. The third-order valence-corrected chi connectivity index (χ3v) is 5.94. The Labute approximate surface area is 151 Å². The fourth-order valence-corrected chi connectivity index (χ4v) is 4.40. The van der Waals surface area contributed by atoms with Crippen molar-refractivity contribution < 1.29 is 17.9 Å². The molecule has 0 radical (unpaired) electrons. The van der Waals surface area contributed by atoms with Crippen LogP contribution < -0.4 is 4.74 Å². The lowest BCUT2D eigenvalue weighted by atomic mass is 10.0. The summed E-state index contributed by atoms with van der Waals surface area (Å²) in [5.41, 5.74) is 2.06. The Bertz CT molecular complexity index is 1170. The molecule has 6 nitrogen and oxygen atoms in total. The molecule has 0 fully saturated rings. The maximum Gasteiger partial charge on any atom is 0.268 e. The van der Waals surface area contributed by atoms with Gasteiger partial charge in [0.1, 0.15) is 11.8 Å². The first-order valence-electron chi connectivity index (χ1n) is 7.75. The fourth-order valence-electron chi connectivity index (χ4n) is 2.98. The van der Waals surface area contributed by atoms with Crippen LogP contribution in [0.2, 0.25) is 0 Å². The van der Waals surface area contributed by atoms with E-state index in [0.29, 0.717) is 23.1 Å². The van der Waals surface area contributed by atoms with Gasteiger partial charge >= 0.3 is 0 Å². The van der Waals surface area contributed by atoms with Crippen molar-refractivity contribution in [3.05, 3.63) is 58.8 Å². The van der Waals surface area contributed by atoms with Crippen LogP contribution in [0.5, 0.6) is 5.75 Å². The smallest absolute Gasteiger partial charge is 0.268 e. The van der Waals surface area contributed by atoms with E-state index in [-0.39, 0.29) is 21.4 Å². The van der Waals surface area contributed by atoms with Crippen LogP contribution in [0.3, 0.4) is 0 Å². The first kappa shape index (κ1) is 17.7. The highest BCUT2D eigenvalue weighted by Gasteiger charge is 2.25. The third kappa shape index (κ3) is 2.55. The number of aromatic nitrogens is 1. The van der Waals surface area contributed by atoms with Gasteiger partial charge in [-0.25, -0.2) is 12.4 Å². The van der Waals surface area contributed by atoms with Crippen molar-refractivity contribution in [3.63, 3.8) is 0 Å². The summed E-state index contributed by atoms with van der Waals surface area (Å²) in [6.45, 7) is 3.57. The number of nitrogens with zero attached hydrogens (tertiary/aromatic N) is 2. The minimum Gasteiger partial charge on any atom is -0.496 e. The number of methoxy groups -OCH3 is 1. The maximum atomic E-state index is 13.1. The molecule has 0 bridgehead atoms. The van der Waals surface area contributed by atoms with Crippen molar-refractivity contribution in [3.8, 4) is 11.8 Å². The van der Waals surface area contributed by atoms with E-state index in [1.165, 1.54) is 25.4 Å². The lowest BCUT2D eigenvalue weighted by Gasteiger charge is -2.12. The van der Waals surface area contributed by atoms with E-state index >= 15 is 0 Å². The number of hydrogen-bond acceptors (Lipinski definition) is 5. The molecule has 132 valence electrons. The van der Waals surface area contributed by atoms with Gasteiger partial charge in [-0.3, -0.25) is 4.79 Å². The zero-order valence-electron chi connectivity index (χ0n) is 14.5. The Morgan fingerprint density at radius 1 is 1.19 bits per heavy atom. The van der Waals surface area contributed by atoms with Crippen LogP contribution >= 0.6 is 0 Å². The molecule has 26 heavy (non-hydrogen) atoms. The highest BCUT2D eigenvalue weighted by Crippen LogP contribution is 2.35. The van der Waals surface area contributed by atoms with E-state index in [0.717, 1.165) is 9.54 Å². The number of fused-ring (bicyclic) bond motifs is 1. The monoisotopic (exact) mass is 368 g/mol. The number of rotatable bonds is 4. The van der Waals surface area contributed by atoms with Gasteiger partial charge in [-0.1, -0.05) is 17.7 Å². The van der Waals surface area contributed by atoms with Gasteiger partial charge in [-0.05, 0) is 37.6 Å². The average molecular weight is 368 g/mol. The topological polar surface area (TPSA) is 89.2 Å². The van der Waals surface area contributed by atoms with E-state index < -0.39 is 10.0 Å². The van der Waals surface area contributed by atoms with Crippen LogP contribution in [-0.4, -0.2) is 25.8 Å². The number of aldehydes is 1. The molecule has 0 aliphatic carbocycles. The summed E-state index contributed by atoms with van der Waals surface area (Å²) in [6.07, 6.45) is 1.82. The Kier molecular flexibility index (Phi) is 4.30. The van der Waals surface area contributed by atoms with E-state index in [1.54, 1.807) is 25.1 Å².